The van der Waals surface area contributed by atoms with Crippen LogP contribution in [0.2, 0.25) is 0 Å². The first-order valence-electron chi connectivity index (χ1n) is 8.01. The highest BCUT2D eigenvalue weighted by atomic mass is 19.4. The first kappa shape index (κ1) is 19.2. The summed E-state index contributed by atoms with van der Waals surface area (Å²) in [5.41, 5.74) is -0.146. The van der Waals surface area contributed by atoms with Gasteiger partial charge in [0.1, 0.15) is 6.10 Å². The van der Waals surface area contributed by atoms with Crippen molar-refractivity contribution in [1.82, 2.24) is 5.32 Å². The maximum Gasteiger partial charge on any atom is 0.416 e. The van der Waals surface area contributed by atoms with Gasteiger partial charge in [-0.2, -0.15) is 13.2 Å². The van der Waals surface area contributed by atoms with Crippen molar-refractivity contribution in [2.45, 2.75) is 50.5 Å². The Balaban J connectivity index is 1.82. The summed E-state index contributed by atoms with van der Waals surface area (Å²) in [5.74, 6) is -1.65. The van der Waals surface area contributed by atoms with E-state index in [0.29, 0.717) is 18.4 Å². The van der Waals surface area contributed by atoms with Crippen LogP contribution in [0, 0.1) is 0 Å². The minimum atomic E-state index is -4.38. The van der Waals surface area contributed by atoms with Crippen LogP contribution in [0.15, 0.2) is 24.3 Å². The number of benzene rings is 1. The lowest BCUT2D eigenvalue weighted by Crippen LogP contribution is -2.36. The molecule has 0 spiro atoms. The van der Waals surface area contributed by atoms with Gasteiger partial charge in [0.05, 0.1) is 5.56 Å². The third-order valence-electron chi connectivity index (χ3n) is 4.25. The first-order chi connectivity index (χ1) is 11.7. The highest BCUT2D eigenvalue weighted by Crippen LogP contribution is 2.31. The topological polar surface area (TPSA) is 75.6 Å². The van der Waals surface area contributed by atoms with Crippen LogP contribution in [0.1, 0.15) is 43.2 Å². The number of halogens is 3. The Hall–Kier alpha value is -2.09. The summed E-state index contributed by atoms with van der Waals surface area (Å²) < 4.78 is 43.4. The fraction of sp³-hybridized carbons (Fsp3) is 0.529. The summed E-state index contributed by atoms with van der Waals surface area (Å²) >= 11 is 0. The van der Waals surface area contributed by atoms with Crippen LogP contribution in [0.3, 0.4) is 0 Å². The maximum atomic E-state index is 12.7. The van der Waals surface area contributed by atoms with Crippen molar-refractivity contribution in [3.8, 4) is 0 Å². The van der Waals surface area contributed by atoms with Gasteiger partial charge in [-0.1, -0.05) is 25.1 Å². The van der Waals surface area contributed by atoms with E-state index in [2.05, 4.69) is 5.32 Å². The number of amides is 1. The van der Waals surface area contributed by atoms with Crippen LogP contribution in [0.25, 0.3) is 0 Å². The van der Waals surface area contributed by atoms with Gasteiger partial charge in [0.15, 0.2) is 6.10 Å². The predicted molar refractivity (Wildman–Crippen MR) is 83.0 cm³/mol. The molecule has 2 N–H and O–H groups in total. The van der Waals surface area contributed by atoms with Crippen molar-refractivity contribution in [2.24, 2.45) is 0 Å². The van der Waals surface area contributed by atoms with E-state index in [1.165, 1.54) is 6.07 Å². The largest absolute Gasteiger partial charge is 0.479 e. The minimum Gasteiger partial charge on any atom is -0.479 e. The number of alkyl halides is 3. The van der Waals surface area contributed by atoms with Gasteiger partial charge in [-0.3, -0.25) is 4.79 Å². The predicted octanol–water partition coefficient (Wildman–Crippen LogP) is 2.95. The SMILES string of the molecule is CC(CCNC(=O)[C@@H]1CC[C@H](C(=O)O)O1)c1cccc(C(F)(F)F)c1. The second-order valence-corrected chi connectivity index (χ2v) is 6.13. The summed E-state index contributed by atoms with van der Waals surface area (Å²) in [4.78, 5) is 22.7. The molecule has 1 unspecified atom stereocenters. The Kier molecular flexibility index (Phi) is 6.05. The molecule has 1 aromatic rings. The third-order valence-corrected chi connectivity index (χ3v) is 4.25. The molecule has 5 nitrogen and oxygen atoms in total. The highest BCUT2D eigenvalue weighted by molar-refractivity contribution is 5.82. The quantitative estimate of drug-likeness (QED) is 0.819. The van der Waals surface area contributed by atoms with Crippen molar-refractivity contribution in [3.05, 3.63) is 35.4 Å². The molecule has 0 radical (unpaired) electrons. The normalized spacial score (nSPS) is 21.8. The van der Waals surface area contributed by atoms with Crippen LogP contribution in [-0.4, -0.2) is 35.7 Å². The van der Waals surface area contributed by atoms with Crippen molar-refractivity contribution < 1.29 is 32.6 Å². The molecule has 0 aliphatic carbocycles. The van der Waals surface area contributed by atoms with Crippen LogP contribution in [0.4, 0.5) is 13.2 Å². The molecule has 1 aliphatic heterocycles. The number of ether oxygens (including phenoxy) is 1. The summed E-state index contributed by atoms with van der Waals surface area (Å²) in [7, 11) is 0. The zero-order chi connectivity index (χ0) is 18.6. The summed E-state index contributed by atoms with van der Waals surface area (Å²) in [6.45, 7) is 2.06. The smallest absolute Gasteiger partial charge is 0.416 e. The maximum absolute atomic E-state index is 12.7. The standard InChI is InChI=1S/C17H20F3NO4/c1-10(11-3-2-4-12(9-11)17(18,19)20)7-8-21-15(22)13-5-6-14(25-13)16(23)24/h2-4,9-10,13-14H,5-8H2,1H3,(H,21,22)(H,23,24)/t10?,13-,14+/m0/s1. The molecule has 2 rings (SSSR count). The molecule has 1 amide bonds. The summed E-state index contributed by atoms with van der Waals surface area (Å²) in [5, 5.41) is 11.5. The summed E-state index contributed by atoms with van der Waals surface area (Å²) in [6, 6.07) is 5.13. The number of carbonyl (C=O) groups excluding carboxylic acids is 1. The van der Waals surface area contributed by atoms with Crippen LogP contribution in [0.5, 0.6) is 0 Å². The number of carboxylic acid groups (broad SMARTS) is 1. The molecular formula is C17H20F3NO4. The van der Waals surface area contributed by atoms with Crippen molar-refractivity contribution in [1.29, 1.82) is 0 Å². The fourth-order valence-electron chi connectivity index (χ4n) is 2.73. The Morgan fingerprint density at radius 3 is 2.60 bits per heavy atom. The van der Waals surface area contributed by atoms with Gasteiger partial charge in [0, 0.05) is 6.54 Å². The van der Waals surface area contributed by atoms with Crippen LogP contribution in [-0.2, 0) is 20.5 Å². The van der Waals surface area contributed by atoms with E-state index in [1.54, 1.807) is 13.0 Å². The first-order valence-corrected chi connectivity index (χ1v) is 8.01. The second kappa shape index (κ2) is 7.86. The number of aliphatic carboxylic acids is 1. The molecule has 1 saturated heterocycles. The Labute approximate surface area is 143 Å². The molecule has 25 heavy (non-hydrogen) atoms. The van der Waals surface area contributed by atoms with Gasteiger partial charge in [-0.05, 0) is 36.8 Å². The number of hydrogen-bond donors (Lipinski definition) is 2. The van der Waals surface area contributed by atoms with Crippen LogP contribution >= 0.6 is 0 Å². The van der Waals surface area contributed by atoms with E-state index in [0.717, 1.165) is 12.1 Å². The lowest BCUT2D eigenvalue weighted by Gasteiger charge is -2.16. The molecule has 0 bridgehead atoms. The molecule has 8 heteroatoms. The highest BCUT2D eigenvalue weighted by Gasteiger charge is 2.34. The number of rotatable bonds is 6. The zero-order valence-electron chi connectivity index (χ0n) is 13.7. The Bertz CT molecular complexity index is 633. The molecule has 3 atom stereocenters. The van der Waals surface area contributed by atoms with E-state index in [-0.39, 0.29) is 24.8 Å². The van der Waals surface area contributed by atoms with Gasteiger partial charge in [0.25, 0.3) is 0 Å². The van der Waals surface area contributed by atoms with Crippen molar-refractivity contribution >= 4 is 11.9 Å². The van der Waals surface area contributed by atoms with E-state index in [9.17, 15) is 22.8 Å². The number of carboxylic acids is 1. The minimum absolute atomic E-state index is 0.168. The molecular weight excluding hydrogens is 339 g/mol. The van der Waals surface area contributed by atoms with Gasteiger partial charge in [-0.15, -0.1) is 0 Å². The van der Waals surface area contributed by atoms with Gasteiger partial charge < -0.3 is 15.2 Å². The molecule has 0 saturated carbocycles. The third kappa shape index (κ3) is 5.19. The van der Waals surface area contributed by atoms with Crippen molar-refractivity contribution in [2.75, 3.05) is 6.54 Å². The van der Waals surface area contributed by atoms with Gasteiger partial charge in [0.2, 0.25) is 5.91 Å². The zero-order valence-corrected chi connectivity index (χ0v) is 13.7. The van der Waals surface area contributed by atoms with E-state index < -0.39 is 29.9 Å². The van der Waals surface area contributed by atoms with Crippen molar-refractivity contribution in [3.63, 3.8) is 0 Å². The second-order valence-electron chi connectivity index (χ2n) is 6.13. The Morgan fingerprint density at radius 2 is 2.00 bits per heavy atom. The lowest BCUT2D eigenvalue weighted by atomic mass is 9.96. The van der Waals surface area contributed by atoms with Crippen LogP contribution < -0.4 is 5.32 Å². The molecule has 138 valence electrons. The van der Waals surface area contributed by atoms with E-state index >= 15 is 0 Å². The van der Waals surface area contributed by atoms with E-state index in [4.69, 9.17) is 9.84 Å². The lowest BCUT2D eigenvalue weighted by molar-refractivity contribution is -0.151. The Morgan fingerprint density at radius 1 is 1.32 bits per heavy atom. The van der Waals surface area contributed by atoms with Gasteiger partial charge >= 0.3 is 12.1 Å². The fourth-order valence-corrected chi connectivity index (χ4v) is 2.73. The molecule has 1 aromatic carbocycles. The number of nitrogens with one attached hydrogen (secondary N) is 1. The van der Waals surface area contributed by atoms with Gasteiger partial charge in [-0.25, -0.2) is 4.79 Å². The average molecular weight is 359 g/mol. The monoisotopic (exact) mass is 359 g/mol. The molecule has 1 heterocycles. The number of hydrogen-bond acceptors (Lipinski definition) is 3. The molecule has 1 aliphatic rings. The van der Waals surface area contributed by atoms with E-state index in [1.807, 2.05) is 0 Å². The molecule has 1 fully saturated rings. The average Bonchev–Trinajstić information content (AvgIpc) is 3.04. The number of carbonyl (C=O) groups is 2. The molecule has 0 aromatic heterocycles. The summed E-state index contributed by atoms with van der Waals surface area (Å²) in [6.07, 6.45) is -5.04.